The topological polar surface area (TPSA) is 88.9 Å². The van der Waals surface area contributed by atoms with Gasteiger partial charge in [0.05, 0.1) is 18.3 Å². The molecule has 0 bridgehead atoms. The highest BCUT2D eigenvalue weighted by atomic mass is 32.2. The van der Waals surface area contributed by atoms with Crippen LogP contribution >= 0.6 is 11.3 Å². The van der Waals surface area contributed by atoms with E-state index in [9.17, 15) is 8.42 Å². The van der Waals surface area contributed by atoms with Crippen molar-refractivity contribution in [3.05, 3.63) is 29.0 Å². The molecule has 0 unspecified atom stereocenters. The van der Waals surface area contributed by atoms with Gasteiger partial charge in [-0.3, -0.25) is 9.67 Å². The zero-order valence-electron chi connectivity index (χ0n) is 12.0. The third-order valence-electron chi connectivity index (χ3n) is 2.73. The van der Waals surface area contributed by atoms with Crippen LogP contribution in [0.15, 0.2) is 29.0 Å². The Morgan fingerprint density at radius 3 is 2.86 bits per heavy atom. The van der Waals surface area contributed by atoms with E-state index in [1.165, 1.54) is 23.7 Å². The molecule has 2 N–H and O–H groups in total. The monoisotopic (exact) mass is 329 g/mol. The van der Waals surface area contributed by atoms with E-state index in [4.69, 9.17) is 0 Å². The fourth-order valence-corrected chi connectivity index (χ4v) is 3.24. The molecule has 7 nitrogen and oxygen atoms in total. The van der Waals surface area contributed by atoms with Gasteiger partial charge in [-0.25, -0.2) is 13.1 Å². The van der Waals surface area contributed by atoms with Crippen LogP contribution in [0.5, 0.6) is 0 Å². The minimum Gasteiger partial charge on any atom is -0.313 e. The van der Waals surface area contributed by atoms with Crippen molar-refractivity contribution in [3.8, 4) is 0 Å². The van der Waals surface area contributed by atoms with Gasteiger partial charge in [-0.1, -0.05) is 13.8 Å². The molecular formula is C12H19N5O2S2. The number of nitrogens with one attached hydrogen (secondary N) is 2. The van der Waals surface area contributed by atoms with Gasteiger partial charge in [0.1, 0.15) is 4.90 Å². The summed E-state index contributed by atoms with van der Waals surface area (Å²) in [4.78, 5) is 4.95. The Bertz CT molecular complexity index is 649. The summed E-state index contributed by atoms with van der Waals surface area (Å²) in [5.41, 5.74) is 1.67. The van der Waals surface area contributed by atoms with Crippen molar-refractivity contribution in [2.45, 2.75) is 37.9 Å². The quantitative estimate of drug-likeness (QED) is 0.748. The number of sulfonamides is 1. The molecule has 2 aromatic heterocycles. The van der Waals surface area contributed by atoms with Crippen molar-refractivity contribution < 1.29 is 8.42 Å². The summed E-state index contributed by atoms with van der Waals surface area (Å²) in [6.45, 7) is 5.73. The fourth-order valence-electron chi connectivity index (χ4n) is 1.65. The molecule has 0 fully saturated rings. The van der Waals surface area contributed by atoms with Gasteiger partial charge in [-0.15, -0.1) is 11.3 Å². The average Bonchev–Trinajstić information content (AvgIpc) is 3.07. The molecule has 0 aliphatic rings. The zero-order chi connectivity index (χ0) is 15.3. The molecule has 0 aliphatic carbocycles. The predicted molar refractivity (Wildman–Crippen MR) is 81.5 cm³/mol. The van der Waals surface area contributed by atoms with E-state index >= 15 is 0 Å². The van der Waals surface area contributed by atoms with Gasteiger partial charge in [-0.2, -0.15) is 5.10 Å². The Kier molecular flexibility index (Phi) is 5.45. The molecule has 116 valence electrons. The first-order chi connectivity index (χ1) is 9.97. The Labute approximate surface area is 128 Å². The van der Waals surface area contributed by atoms with E-state index in [1.54, 1.807) is 16.4 Å². The van der Waals surface area contributed by atoms with Crippen molar-refractivity contribution in [2.24, 2.45) is 0 Å². The Morgan fingerprint density at radius 1 is 1.38 bits per heavy atom. The largest absolute Gasteiger partial charge is 0.313 e. The summed E-state index contributed by atoms with van der Waals surface area (Å²) in [7, 11) is -3.53. The van der Waals surface area contributed by atoms with Crippen LogP contribution in [0.4, 0.5) is 0 Å². The first kappa shape index (κ1) is 16.1. The highest BCUT2D eigenvalue weighted by Crippen LogP contribution is 2.10. The number of hydrogen-bond acceptors (Lipinski definition) is 6. The normalized spacial score (nSPS) is 12.1. The van der Waals surface area contributed by atoms with Gasteiger partial charge in [0.25, 0.3) is 0 Å². The highest BCUT2D eigenvalue weighted by molar-refractivity contribution is 7.89. The average molecular weight is 329 g/mol. The van der Waals surface area contributed by atoms with Gasteiger partial charge >= 0.3 is 0 Å². The summed E-state index contributed by atoms with van der Waals surface area (Å²) in [6, 6.07) is 0.393. The second-order valence-electron chi connectivity index (χ2n) is 4.84. The van der Waals surface area contributed by atoms with Crippen molar-refractivity contribution in [1.82, 2.24) is 24.8 Å². The highest BCUT2D eigenvalue weighted by Gasteiger charge is 2.16. The van der Waals surface area contributed by atoms with Gasteiger partial charge in [-0.05, 0) is 0 Å². The van der Waals surface area contributed by atoms with Gasteiger partial charge in [0.15, 0.2) is 0 Å². The lowest BCUT2D eigenvalue weighted by Crippen LogP contribution is -2.26. The van der Waals surface area contributed by atoms with Crippen LogP contribution < -0.4 is 10.0 Å². The molecule has 0 aliphatic heterocycles. The van der Waals surface area contributed by atoms with Crippen molar-refractivity contribution >= 4 is 21.4 Å². The molecule has 0 amide bonds. The molecule has 2 rings (SSSR count). The second kappa shape index (κ2) is 7.12. The smallest absolute Gasteiger partial charge is 0.244 e. The molecule has 0 saturated heterocycles. The van der Waals surface area contributed by atoms with Crippen LogP contribution in [-0.2, 0) is 23.1 Å². The van der Waals surface area contributed by atoms with E-state index in [2.05, 4.69) is 34.0 Å². The predicted octanol–water partition coefficient (Wildman–Crippen LogP) is 0.816. The molecule has 0 radical (unpaired) electrons. The fraction of sp³-hybridized carbons (Fsp3) is 0.500. The summed E-state index contributed by atoms with van der Waals surface area (Å²) in [6.07, 6.45) is 4.55. The number of thiazole rings is 1. The SMILES string of the molecule is CC(C)NCCn1cc(S(=O)(=O)NCc2cncs2)cn1. The lowest BCUT2D eigenvalue weighted by atomic mass is 10.4. The van der Waals surface area contributed by atoms with E-state index in [-0.39, 0.29) is 11.4 Å². The maximum atomic E-state index is 12.1. The Morgan fingerprint density at radius 2 is 2.19 bits per heavy atom. The molecule has 2 heterocycles. The third kappa shape index (κ3) is 4.88. The molecule has 9 heteroatoms. The van der Waals surface area contributed by atoms with Crippen LogP contribution in [0, 0.1) is 0 Å². The molecular weight excluding hydrogens is 310 g/mol. The maximum absolute atomic E-state index is 12.1. The Hall–Kier alpha value is -1.29. The number of hydrogen-bond donors (Lipinski definition) is 2. The van der Waals surface area contributed by atoms with Crippen molar-refractivity contribution in [3.63, 3.8) is 0 Å². The van der Waals surface area contributed by atoms with E-state index in [0.717, 1.165) is 11.4 Å². The van der Waals surface area contributed by atoms with E-state index in [1.807, 2.05) is 0 Å². The molecule has 0 atom stereocenters. The number of rotatable bonds is 8. The summed E-state index contributed by atoms with van der Waals surface area (Å²) >= 11 is 1.41. The number of aromatic nitrogens is 3. The van der Waals surface area contributed by atoms with E-state index < -0.39 is 10.0 Å². The molecule has 2 aromatic rings. The van der Waals surface area contributed by atoms with Crippen molar-refractivity contribution in [2.75, 3.05) is 6.54 Å². The molecule has 0 spiro atoms. The van der Waals surface area contributed by atoms with Crippen LogP contribution in [0.2, 0.25) is 0 Å². The minimum absolute atomic E-state index is 0.177. The number of nitrogens with zero attached hydrogens (tertiary/aromatic N) is 3. The van der Waals surface area contributed by atoms with Gasteiger partial charge < -0.3 is 5.32 Å². The van der Waals surface area contributed by atoms with Crippen LogP contribution in [-0.4, -0.2) is 35.8 Å². The summed E-state index contributed by atoms with van der Waals surface area (Å²) in [5.74, 6) is 0. The van der Waals surface area contributed by atoms with Crippen LogP contribution in [0.3, 0.4) is 0 Å². The lowest BCUT2D eigenvalue weighted by Gasteiger charge is -2.07. The van der Waals surface area contributed by atoms with E-state index in [0.29, 0.717) is 12.6 Å². The zero-order valence-corrected chi connectivity index (χ0v) is 13.6. The summed E-state index contributed by atoms with van der Waals surface area (Å²) in [5, 5.41) is 7.33. The first-order valence-electron chi connectivity index (χ1n) is 6.60. The van der Waals surface area contributed by atoms with Gasteiger partial charge in [0, 0.05) is 36.4 Å². The maximum Gasteiger partial charge on any atom is 0.244 e. The molecule has 21 heavy (non-hydrogen) atoms. The third-order valence-corrected chi connectivity index (χ3v) is 4.87. The summed E-state index contributed by atoms with van der Waals surface area (Å²) < 4.78 is 28.4. The minimum atomic E-state index is -3.53. The van der Waals surface area contributed by atoms with Crippen LogP contribution in [0.1, 0.15) is 18.7 Å². The van der Waals surface area contributed by atoms with Crippen LogP contribution in [0.25, 0.3) is 0 Å². The first-order valence-corrected chi connectivity index (χ1v) is 8.96. The standard InChI is InChI=1S/C12H19N5O2S2/c1-10(2)14-3-4-17-8-12(7-15-17)21(18,19)16-6-11-5-13-9-20-11/h5,7-10,14,16H,3-4,6H2,1-2H3. The van der Waals surface area contributed by atoms with Gasteiger partial charge in [0.2, 0.25) is 10.0 Å². The molecule has 0 aromatic carbocycles. The Balaban J connectivity index is 1.92. The second-order valence-corrected chi connectivity index (χ2v) is 7.58. The van der Waals surface area contributed by atoms with Crippen molar-refractivity contribution in [1.29, 1.82) is 0 Å². The lowest BCUT2D eigenvalue weighted by molar-refractivity contribution is 0.515. The molecule has 0 saturated carbocycles.